The number of hydrogen-bond donors (Lipinski definition) is 2. The maximum atomic E-state index is 12.6. The van der Waals surface area contributed by atoms with Crippen LogP contribution in [-0.2, 0) is 10.2 Å². The molecule has 7 nitrogen and oxygen atoms in total. The van der Waals surface area contributed by atoms with Crippen LogP contribution in [0, 0.1) is 11.8 Å². The molecule has 1 atom stereocenters. The lowest BCUT2D eigenvalue weighted by atomic mass is 9.86. The number of carbonyl (C=O) groups is 1. The smallest absolute Gasteiger partial charge is 0.266 e. The van der Waals surface area contributed by atoms with Crippen LogP contribution in [0.5, 0.6) is 0 Å². The number of nitrogens with zero attached hydrogens (tertiary/aromatic N) is 4. The SMILES string of the molecule is CC(O)(C#Cc1ccc2c(c1)N(c1nc(N)ncc1Cl)CC2(C)C)C(=O)N1CCCC1. The third kappa shape index (κ3) is 4.06. The van der Waals surface area contributed by atoms with Gasteiger partial charge in [-0.2, -0.15) is 4.98 Å². The molecule has 0 radical (unpaired) electrons. The quantitative estimate of drug-likeness (QED) is 0.698. The molecule has 1 aromatic heterocycles. The molecular weight excluding hydrogens is 414 g/mol. The number of hydrogen-bond acceptors (Lipinski definition) is 6. The Labute approximate surface area is 187 Å². The molecule has 162 valence electrons. The summed E-state index contributed by atoms with van der Waals surface area (Å²) in [6.07, 6.45) is 3.42. The van der Waals surface area contributed by atoms with E-state index in [9.17, 15) is 9.90 Å². The van der Waals surface area contributed by atoms with Gasteiger partial charge in [0.25, 0.3) is 5.91 Å². The van der Waals surface area contributed by atoms with Gasteiger partial charge in [0.2, 0.25) is 11.5 Å². The van der Waals surface area contributed by atoms with Gasteiger partial charge in [-0.15, -0.1) is 0 Å². The molecule has 1 saturated heterocycles. The highest BCUT2D eigenvalue weighted by Crippen LogP contribution is 2.45. The second-order valence-electron chi connectivity index (χ2n) is 8.92. The summed E-state index contributed by atoms with van der Waals surface area (Å²) in [7, 11) is 0. The van der Waals surface area contributed by atoms with Crippen molar-refractivity contribution in [3.8, 4) is 11.8 Å². The Morgan fingerprint density at radius 2 is 2.03 bits per heavy atom. The van der Waals surface area contributed by atoms with Crippen molar-refractivity contribution in [2.75, 3.05) is 30.3 Å². The summed E-state index contributed by atoms with van der Waals surface area (Å²) >= 11 is 6.37. The monoisotopic (exact) mass is 439 g/mol. The van der Waals surface area contributed by atoms with E-state index in [0.717, 1.165) is 24.1 Å². The van der Waals surface area contributed by atoms with Crippen LogP contribution in [0.2, 0.25) is 5.02 Å². The fourth-order valence-corrected chi connectivity index (χ4v) is 4.39. The van der Waals surface area contributed by atoms with Crippen LogP contribution in [0.15, 0.2) is 24.4 Å². The molecule has 0 spiro atoms. The molecule has 2 aromatic rings. The molecule has 0 bridgehead atoms. The number of carbonyl (C=O) groups excluding carboxylic acids is 1. The van der Waals surface area contributed by atoms with Crippen LogP contribution in [0.25, 0.3) is 0 Å². The number of nitrogen functional groups attached to an aromatic ring is 1. The van der Waals surface area contributed by atoms with E-state index in [1.807, 2.05) is 23.1 Å². The third-order valence-corrected chi connectivity index (χ3v) is 6.10. The lowest BCUT2D eigenvalue weighted by molar-refractivity contribution is -0.143. The van der Waals surface area contributed by atoms with Crippen LogP contribution < -0.4 is 10.6 Å². The van der Waals surface area contributed by atoms with E-state index >= 15 is 0 Å². The molecule has 31 heavy (non-hydrogen) atoms. The number of nitrogens with two attached hydrogens (primary N) is 1. The molecule has 1 amide bonds. The Balaban J connectivity index is 1.69. The highest BCUT2D eigenvalue weighted by molar-refractivity contribution is 6.33. The van der Waals surface area contributed by atoms with Crippen LogP contribution in [0.1, 0.15) is 44.7 Å². The van der Waals surface area contributed by atoms with Gasteiger partial charge in [-0.3, -0.25) is 4.79 Å². The van der Waals surface area contributed by atoms with Gasteiger partial charge >= 0.3 is 0 Å². The van der Waals surface area contributed by atoms with Crippen molar-refractivity contribution >= 4 is 35.0 Å². The van der Waals surface area contributed by atoms with Crippen LogP contribution in [0.4, 0.5) is 17.5 Å². The van der Waals surface area contributed by atoms with Gasteiger partial charge < -0.3 is 20.6 Å². The van der Waals surface area contributed by atoms with E-state index in [4.69, 9.17) is 17.3 Å². The molecule has 1 fully saturated rings. The largest absolute Gasteiger partial charge is 0.370 e. The Morgan fingerprint density at radius 1 is 1.32 bits per heavy atom. The second kappa shape index (κ2) is 7.70. The number of amides is 1. The first kappa shape index (κ1) is 21.4. The lowest BCUT2D eigenvalue weighted by Crippen LogP contribution is -2.45. The zero-order chi connectivity index (χ0) is 22.4. The van der Waals surface area contributed by atoms with Gasteiger partial charge in [0.1, 0.15) is 5.02 Å². The normalized spacial score (nSPS) is 18.9. The number of aliphatic hydroxyl groups is 1. The maximum Gasteiger partial charge on any atom is 0.266 e. The van der Waals surface area contributed by atoms with E-state index in [2.05, 4.69) is 35.7 Å². The van der Waals surface area contributed by atoms with E-state index in [1.165, 1.54) is 13.1 Å². The molecule has 1 aromatic carbocycles. The van der Waals surface area contributed by atoms with Crippen LogP contribution in [0.3, 0.4) is 0 Å². The molecule has 2 aliphatic rings. The van der Waals surface area contributed by atoms with Gasteiger partial charge in [-0.05, 0) is 37.5 Å². The Hall–Kier alpha value is -2.82. The summed E-state index contributed by atoms with van der Waals surface area (Å²) in [5.74, 6) is 6.09. The van der Waals surface area contributed by atoms with Gasteiger partial charge in [0, 0.05) is 36.3 Å². The minimum absolute atomic E-state index is 0.137. The van der Waals surface area contributed by atoms with E-state index in [-0.39, 0.29) is 17.3 Å². The molecule has 0 aliphatic carbocycles. The molecular formula is C23H26ClN5O2. The molecule has 1 unspecified atom stereocenters. The first-order valence-corrected chi connectivity index (χ1v) is 10.7. The van der Waals surface area contributed by atoms with Crippen molar-refractivity contribution in [3.05, 3.63) is 40.5 Å². The summed E-state index contributed by atoms with van der Waals surface area (Å²) in [5, 5.41) is 11.1. The minimum Gasteiger partial charge on any atom is -0.370 e. The number of rotatable bonds is 2. The van der Waals surface area contributed by atoms with Crippen LogP contribution in [-0.4, -0.2) is 51.1 Å². The summed E-state index contributed by atoms with van der Waals surface area (Å²) < 4.78 is 0. The summed E-state index contributed by atoms with van der Waals surface area (Å²) in [6, 6.07) is 5.86. The van der Waals surface area contributed by atoms with Gasteiger partial charge in [-0.1, -0.05) is 43.4 Å². The average Bonchev–Trinajstić information content (AvgIpc) is 3.34. The summed E-state index contributed by atoms with van der Waals surface area (Å²) in [6.45, 7) is 7.75. The van der Waals surface area contributed by atoms with Crippen molar-refractivity contribution in [1.29, 1.82) is 0 Å². The standard InChI is InChI=1S/C23H26ClN5O2/c1-22(2)14-29(19-17(24)13-26-21(25)27-19)18-12-15(6-7-16(18)22)8-9-23(3,31)20(30)28-10-4-5-11-28/h6-7,12-13,31H,4-5,10-11,14H2,1-3H3,(H2,25,26,27). The van der Waals surface area contributed by atoms with Crippen molar-refractivity contribution < 1.29 is 9.90 Å². The highest BCUT2D eigenvalue weighted by Gasteiger charge is 2.37. The molecule has 4 rings (SSSR count). The minimum atomic E-state index is -1.73. The van der Waals surface area contributed by atoms with E-state index in [0.29, 0.717) is 36.0 Å². The van der Waals surface area contributed by atoms with E-state index in [1.54, 1.807) is 4.90 Å². The van der Waals surface area contributed by atoms with Gasteiger partial charge in [-0.25, -0.2) is 4.98 Å². The van der Waals surface area contributed by atoms with Crippen molar-refractivity contribution in [2.45, 2.75) is 44.6 Å². The Bertz CT molecular complexity index is 1100. The zero-order valence-electron chi connectivity index (χ0n) is 17.9. The molecule has 3 heterocycles. The zero-order valence-corrected chi connectivity index (χ0v) is 18.7. The first-order chi connectivity index (χ1) is 14.6. The van der Waals surface area contributed by atoms with Gasteiger partial charge in [0.05, 0.1) is 6.20 Å². The molecule has 2 aliphatic heterocycles. The molecule has 3 N–H and O–H groups in total. The predicted molar refractivity (Wildman–Crippen MR) is 121 cm³/mol. The summed E-state index contributed by atoms with van der Waals surface area (Å²) in [4.78, 5) is 24.6. The topological polar surface area (TPSA) is 95.6 Å². The number of aromatic nitrogens is 2. The predicted octanol–water partition coefficient (Wildman–Crippen LogP) is 2.87. The van der Waals surface area contributed by atoms with Crippen molar-refractivity contribution in [3.63, 3.8) is 0 Å². The molecule has 8 heteroatoms. The highest BCUT2D eigenvalue weighted by atomic mass is 35.5. The second-order valence-corrected chi connectivity index (χ2v) is 9.33. The Kier molecular flexibility index (Phi) is 5.32. The van der Waals surface area contributed by atoms with Crippen LogP contribution >= 0.6 is 11.6 Å². The van der Waals surface area contributed by atoms with Crippen molar-refractivity contribution in [2.24, 2.45) is 0 Å². The van der Waals surface area contributed by atoms with E-state index < -0.39 is 5.60 Å². The average molecular weight is 440 g/mol. The number of fused-ring (bicyclic) bond motifs is 1. The third-order valence-electron chi connectivity index (χ3n) is 5.83. The lowest BCUT2D eigenvalue weighted by Gasteiger charge is -2.23. The number of halogens is 1. The Morgan fingerprint density at radius 3 is 2.74 bits per heavy atom. The first-order valence-electron chi connectivity index (χ1n) is 10.3. The number of anilines is 3. The van der Waals surface area contributed by atoms with Gasteiger partial charge in [0.15, 0.2) is 5.82 Å². The number of benzene rings is 1. The fourth-order valence-electron chi connectivity index (χ4n) is 4.20. The fraction of sp³-hybridized carbons (Fsp3) is 0.435. The van der Waals surface area contributed by atoms with Crippen molar-refractivity contribution in [1.82, 2.24) is 14.9 Å². The molecule has 0 saturated carbocycles. The summed E-state index contributed by atoms with van der Waals surface area (Å²) in [5.41, 5.74) is 6.67. The number of likely N-dealkylation sites (tertiary alicyclic amines) is 1. The maximum absolute atomic E-state index is 12.6.